The smallest absolute Gasteiger partial charge is 0.241 e. The standard InChI is InChI=1S/C10H8ClIN2O/c1-6(5-13)10(15)14-9-3-2-7(11)4-8(9)12/h2-4,6H,1H3,(H,14,15). The van der Waals surface area contributed by atoms with Crippen molar-refractivity contribution < 1.29 is 4.79 Å². The van der Waals surface area contributed by atoms with Crippen molar-refractivity contribution in [3.8, 4) is 6.07 Å². The molecule has 0 heterocycles. The van der Waals surface area contributed by atoms with Crippen LogP contribution in [0.25, 0.3) is 0 Å². The van der Waals surface area contributed by atoms with E-state index >= 15 is 0 Å². The molecule has 5 heteroatoms. The number of nitriles is 1. The van der Waals surface area contributed by atoms with Crippen molar-refractivity contribution in [2.45, 2.75) is 6.92 Å². The summed E-state index contributed by atoms with van der Waals surface area (Å²) in [4.78, 5) is 11.4. The lowest BCUT2D eigenvalue weighted by atomic mass is 10.2. The first kappa shape index (κ1) is 12.3. The first-order valence-electron chi connectivity index (χ1n) is 4.20. The molecule has 1 atom stereocenters. The molecule has 0 fully saturated rings. The van der Waals surface area contributed by atoms with E-state index in [9.17, 15) is 4.79 Å². The van der Waals surface area contributed by atoms with Crippen LogP contribution >= 0.6 is 34.2 Å². The summed E-state index contributed by atoms with van der Waals surface area (Å²) in [5.41, 5.74) is 0.673. The molecule has 3 nitrogen and oxygen atoms in total. The Morgan fingerprint density at radius 3 is 2.87 bits per heavy atom. The molecule has 1 rings (SSSR count). The van der Waals surface area contributed by atoms with E-state index in [0.717, 1.165) is 3.57 Å². The SMILES string of the molecule is CC(C#N)C(=O)Nc1ccc(Cl)cc1I. The van der Waals surface area contributed by atoms with E-state index in [2.05, 4.69) is 27.9 Å². The van der Waals surface area contributed by atoms with Crippen LogP contribution in [0.15, 0.2) is 18.2 Å². The quantitative estimate of drug-likeness (QED) is 0.845. The number of rotatable bonds is 2. The molecule has 0 saturated heterocycles. The van der Waals surface area contributed by atoms with Gasteiger partial charge in [-0.15, -0.1) is 0 Å². The summed E-state index contributed by atoms with van der Waals surface area (Å²) in [7, 11) is 0. The number of carbonyl (C=O) groups is 1. The van der Waals surface area contributed by atoms with Crippen LogP contribution in [0, 0.1) is 20.8 Å². The number of halogens is 2. The van der Waals surface area contributed by atoms with E-state index in [1.165, 1.54) is 0 Å². The highest BCUT2D eigenvalue weighted by Gasteiger charge is 2.12. The number of hydrogen-bond acceptors (Lipinski definition) is 2. The van der Waals surface area contributed by atoms with Gasteiger partial charge < -0.3 is 5.32 Å². The van der Waals surface area contributed by atoms with Crippen LogP contribution in [0.3, 0.4) is 0 Å². The predicted octanol–water partition coefficient (Wildman–Crippen LogP) is 3.04. The molecule has 15 heavy (non-hydrogen) atoms. The molecule has 1 unspecified atom stereocenters. The van der Waals surface area contributed by atoms with Gasteiger partial charge in [0.2, 0.25) is 5.91 Å². The van der Waals surface area contributed by atoms with E-state index in [0.29, 0.717) is 10.7 Å². The zero-order valence-corrected chi connectivity index (χ0v) is 10.8. The molecular weight excluding hydrogens is 326 g/mol. The Kier molecular flexibility index (Phi) is 4.36. The molecule has 0 aliphatic carbocycles. The van der Waals surface area contributed by atoms with Crippen LogP contribution in [0.4, 0.5) is 5.69 Å². The van der Waals surface area contributed by atoms with Crippen LogP contribution in [0.2, 0.25) is 5.02 Å². The molecule has 0 spiro atoms. The highest BCUT2D eigenvalue weighted by molar-refractivity contribution is 14.1. The molecule has 0 radical (unpaired) electrons. The van der Waals surface area contributed by atoms with Crippen molar-refractivity contribution in [2.24, 2.45) is 5.92 Å². The van der Waals surface area contributed by atoms with Gasteiger partial charge in [0, 0.05) is 8.59 Å². The molecule has 1 aromatic carbocycles. The van der Waals surface area contributed by atoms with Crippen molar-refractivity contribution in [3.05, 3.63) is 26.8 Å². The van der Waals surface area contributed by atoms with Crippen LogP contribution < -0.4 is 5.32 Å². The monoisotopic (exact) mass is 334 g/mol. The molecule has 78 valence electrons. The van der Waals surface area contributed by atoms with Crippen molar-refractivity contribution in [3.63, 3.8) is 0 Å². The van der Waals surface area contributed by atoms with Crippen molar-refractivity contribution in [1.29, 1.82) is 5.26 Å². The number of nitrogens with one attached hydrogen (secondary N) is 1. The molecule has 0 saturated carbocycles. The van der Waals surface area contributed by atoms with E-state index in [-0.39, 0.29) is 5.91 Å². The van der Waals surface area contributed by atoms with Crippen molar-refractivity contribution in [2.75, 3.05) is 5.32 Å². The number of carbonyl (C=O) groups excluding carboxylic acids is 1. The Hall–Kier alpha value is -0.800. The normalized spacial score (nSPS) is 11.6. The summed E-state index contributed by atoms with van der Waals surface area (Å²) in [5.74, 6) is -0.964. The van der Waals surface area contributed by atoms with Crippen molar-refractivity contribution in [1.82, 2.24) is 0 Å². The zero-order valence-electron chi connectivity index (χ0n) is 7.92. The van der Waals surface area contributed by atoms with E-state index in [4.69, 9.17) is 16.9 Å². The number of amides is 1. The van der Waals surface area contributed by atoms with Gasteiger partial charge in [0.1, 0.15) is 5.92 Å². The van der Waals surface area contributed by atoms with Crippen LogP contribution in [-0.2, 0) is 4.79 Å². The zero-order chi connectivity index (χ0) is 11.4. The Morgan fingerprint density at radius 2 is 2.33 bits per heavy atom. The maximum atomic E-state index is 11.4. The topological polar surface area (TPSA) is 52.9 Å². The Bertz CT molecular complexity index is 428. The van der Waals surface area contributed by atoms with Crippen LogP contribution in [0.1, 0.15) is 6.92 Å². The van der Waals surface area contributed by atoms with Gasteiger partial charge in [-0.05, 0) is 47.7 Å². The average molecular weight is 335 g/mol. The second-order valence-electron chi connectivity index (χ2n) is 2.96. The van der Waals surface area contributed by atoms with Gasteiger partial charge in [-0.1, -0.05) is 11.6 Å². The minimum Gasteiger partial charge on any atom is -0.324 e. The molecule has 1 N–H and O–H groups in total. The summed E-state index contributed by atoms with van der Waals surface area (Å²) < 4.78 is 0.846. The highest BCUT2D eigenvalue weighted by atomic mass is 127. The third-order valence-corrected chi connectivity index (χ3v) is 2.90. The van der Waals surface area contributed by atoms with Gasteiger partial charge >= 0.3 is 0 Å². The van der Waals surface area contributed by atoms with Gasteiger partial charge in [0.25, 0.3) is 0 Å². The van der Waals surface area contributed by atoms with Crippen LogP contribution in [-0.4, -0.2) is 5.91 Å². The third-order valence-electron chi connectivity index (χ3n) is 1.78. The van der Waals surface area contributed by atoms with E-state index < -0.39 is 5.92 Å². The maximum Gasteiger partial charge on any atom is 0.241 e. The van der Waals surface area contributed by atoms with Gasteiger partial charge in [0.05, 0.1) is 11.8 Å². The first-order chi connectivity index (χ1) is 7.04. The number of nitrogens with zero attached hydrogens (tertiary/aromatic N) is 1. The molecule has 0 aliphatic heterocycles. The highest BCUT2D eigenvalue weighted by Crippen LogP contribution is 2.22. The second kappa shape index (κ2) is 5.33. The number of hydrogen-bond donors (Lipinski definition) is 1. The second-order valence-corrected chi connectivity index (χ2v) is 4.56. The molecule has 1 aromatic rings. The Morgan fingerprint density at radius 1 is 1.67 bits per heavy atom. The third kappa shape index (κ3) is 3.36. The van der Waals surface area contributed by atoms with Gasteiger partial charge in [-0.25, -0.2) is 0 Å². The lowest BCUT2D eigenvalue weighted by Crippen LogP contribution is -2.19. The molecule has 1 amide bonds. The fourth-order valence-corrected chi connectivity index (χ4v) is 1.90. The summed E-state index contributed by atoms with van der Waals surface area (Å²) in [6.07, 6.45) is 0. The van der Waals surface area contributed by atoms with E-state index in [1.54, 1.807) is 25.1 Å². The minimum absolute atomic E-state index is 0.308. The first-order valence-corrected chi connectivity index (χ1v) is 5.66. The predicted molar refractivity (Wildman–Crippen MR) is 67.6 cm³/mol. The number of benzene rings is 1. The average Bonchev–Trinajstić information content (AvgIpc) is 2.20. The largest absolute Gasteiger partial charge is 0.324 e. The number of anilines is 1. The van der Waals surface area contributed by atoms with Gasteiger partial charge in [0.15, 0.2) is 0 Å². The summed E-state index contributed by atoms with van der Waals surface area (Å²) in [5, 5.41) is 11.8. The van der Waals surface area contributed by atoms with Crippen LogP contribution in [0.5, 0.6) is 0 Å². The molecular formula is C10H8ClIN2O. The molecule has 0 aliphatic rings. The molecule has 0 aromatic heterocycles. The Labute approximate surface area is 107 Å². The Balaban J connectivity index is 2.82. The fraction of sp³-hybridized carbons (Fsp3) is 0.200. The van der Waals surface area contributed by atoms with Gasteiger partial charge in [-0.3, -0.25) is 4.79 Å². The van der Waals surface area contributed by atoms with Gasteiger partial charge in [-0.2, -0.15) is 5.26 Å². The molecule has 0 bridgehead atoms. The lowest BCUT2D eigenvalue weighted by molar-refractivity contribution is -0.117. The maximum absolute atomic E-state index is 11.4. The summed E-state index contributed by atoms with van der Waals surface area (Å²) in [6, 6.07) is 7.03. The summed E-state index contributed by atoms with van der Waals surface area (Å²) in [6.45, 7) is 1.55. The summed E-state index contributed by atoms with van der Waals surface area (Å²) >= 11 is 7.85. The minimum atomic E-state index is -0.656. The lowest BCUT2D eigenvalue weighted by Gasteiger charge is -2.08. The van der Waals surface area contributed by atoms with E-state index in [1.807, 2.05) is 6.07 Å². The fourth-order valence-electron chi connectivity index (χ4n) is 0.890. The van der Waals surface area contributed by atoms with Crippen molar-refractivity contribution >= 4 is 45.8 Å².